The molecule has 10 heteroatoms. The van der Waals surface area contributed by atoms with Crippen LogP contribution in [0.1, 0.15) is 70.8 Å². The zero-order chi connectivity index (χ0) is 28.7. The summed E-state index contributed by atoms with van der Waals surface area (Å²) in [5.41, 5.74) is 2.97. The third-order valence-corrected chi connectivity index (χ3v) is 8.58. The largest absolute Gasteiger partial charge is 0.489 e. The van der Waals surface area contributed by atoms with Gasteiger partial charge in [0.25, 0.3) is 0 Å². The maximum atomic E-state index is 12.2. The van der Waals surface area contributed by atoms with E-state index in [0.717, 1.165) is 29.7 Å². The fraction of sp³-hybridized carbons (Fsp3) is 0.290. The average molecular weight is 609 g/mol. The van der Waals surface area contributed by atoms with Gasteiger partial charge in [-0.3, -0.25) is 4.98 Å². The molecule has 2 heterocycles. The molecule has 2 unspecified atom stereocenters. The number of rotatable bonds is 9. The molecule has 0 N–H and O–H groups in total. The molecule has 208 valence electrons. The summed E-state index contributed by atoms with van der Waals surface area (Å²) in [7, 11) is 0. The predicted octanol–water partition coefficient (Wildman–Crippen LogP) is 8.28. The van der Waals surface area contributed by atoms with Gasteiger partial charge in [0, 0.05) is 34.8 Å². The average Bonchev–Trinajstić information content (AvgIpc) is 3.90. The van der Waals surface area contributed by atoms with E-state index in [9.17, 15) is 10.1 Å². The minimum atomic E-state index is -0.827. The van der Waals surface area contributed by atoms with Gasteiger partial charge in [0.1, 0.15) is 23.8 Å². The lowest BCUT2D eigenvalue weighted by Gasteiger charge is -2.13. The number of carbonyl (C=O) groups excluding carboxylic acids is 1. The van der Waals surface area contributed by atoms with Gasteiger partial charge < -0.3 is 14.0 Å². The lowest BCUT2D eigenvalue weighted by atomic mass is 9.92. The summed E-state index contributed by atoms with van der Waals surface area (Å²) < 4.78 is 17.0. The zero-order valence-corrected chi connectivity index (χ0v) is 24.3. The van der Waals surface area contributed by atoms with Crippen LogP contribution in [0, 0.1) is 11.3 Å². The number of ether oxygens (including phenoxy) is 2. The van der Waals surface area contributed by atoms with E-state index < -0.39 is 11.4 Å². The summed E-state index contributed by atoms with van der Waals surface area (Å²) >= 11 is 19.7. The van der Waals surface area contributed by atoms with Crippen molar-refractivity contribution in [2.75, 3.05) is 6.61 Å². The van der Waals surface area contributed by atoms with Gasteiger partial charge in [-0.1, -0.05) is 52.1 Å². The van der Waals surface area contributed by atoms with Crippen molar-refractivity contribution < 1.29 is 18.8 Å². The van der Waals surface area contributed by atoms with Crippen molar-refractivity contribution in [1.29, 1.82) is 5.26 Å². The highest BCUT2D eigenvalue weighted by atomic mass is 35.5. The van der Waals surface area contributed by atoms with E-state index in [4.69, 9.17) is 48.8 Å². The molecule has 7 nitrogen and oxygen atoms in total. The Hall–Kier alpha value is -3.57. The monoisotopic (exact) mass is 607 g/mol. The molecule has 2 saturated carbocycles. The molecule has 0 radical (unpaired) electrons. The van der Waals surface area contributed by atoms with Crippen LogP contribution in [0.4, 0.5) is 0 Å². The Morgan fingerprint density at radius 3 is 2.59 bits per heavy atom. The highest BCUT2D eigenvalue weighted by Crippen LogP contribution is 2.61. The molecule has 0 bridgehead atoms. The van der Waals surface area contributed by atoms with Crippen LogP contribution in [0.15, 0.2) is 59.4 Å². The van der Waals surface area contributed by atoms with E-state index in [1.165, 1.54) is 6.20 Å². The van der Waals surface area contributed by atoms with Crippen molar-refractivity contribution >= 4 is 40.8 Å². The molecule has 2 aliphatic rings. The number of hydrogen-bond donors (Lipinski definition) is 0. The van der Waals surface area contributed by atoms with Crippen LogP contribution in [0.25, 0.3) is 11.3 Å². The van der Waals surface area contributed by atoms with E-state index in [-0.39, 0.29) is 19.1 Å². The fourth-order valence-corrected chi connectivity index (χ4v) is 6.12. The Morgan fingerprint density at radius 2 is 1.90 bits per heavy atom. The normalized spacial score (nSPS) is 19.4. The van der Waals surface area contributed by atoms with Crippen LogP contribution in [0.2, 0.25) is 15.1 Å². The molecule has 2 aromatic heterocycles. The van der Waals surface area contributed by atoms with Crippen LogP contribution in [-0.4, -0.2) is 22.7 Å². The zero-order valence-electron chi connectivity index (χ0n) is 22.0. The lowest BCUT2D eigenvalue weighted by Crippen LogP contribution is -2.11. The summed E-state index contributed by atoms with van der Waals surface area (Å²) in [6.45, 7) is 2.19. The Bertz CT molecular complexity index is 1670. The molecular weight excluding hydrogens is 585 g/mol. The maximum absolute atomic E-state index is 12.2. The summed E-state index contributed by atoms with van der Waals surface area (Å²) in [5, 5.41) is 15.9. The van der Waals surface area contributed by atoms with Crippen molar-refractivity contribution in [2.45, 2.75) is 50.0 Å². The number of hydrogen-bond acceptors (Lipinski definition) is 7. The first-order chi connectivity index (χ1) is 19.9. The van der Waals surface area contributed by atoms with Crippen molar-refractivity contribution in [3.05, 3.63) is 97.9 Å². The van der Waals surface area contributed by atoms with E-state index in [0.29, 0.717) is 55.5 Å². The van der Waals surface area contributed by atoms with Crippen LogP contribution in [0.5, 0.6) is 5.75 Å². The summed E-state index contributed by atoms with van der Waals surface area (Å²) in [5.74, 6) is 1.03. The van der Waals surface area contributed by atoms with Gasteiger partial charge in [0.05, 0.1) is 39.3 Å². The van der Waals surface area contributed by atoms with E-state index >= 15 is 0 Å². The number of esters is 1. The second-order valence-electron chi connectivity index (χ2n) is 10.2. The molecular formula is C31H24Cl3N3O4. The minimum Gasteiger partial charge on any atom is -0.489 e. The Morgan fingerprint density at radius 1 is 1.12 bits per heavy atom. The van der Waals surface area contributed by atoms with Gasteiger partial charge in [0.15, 0.2) is 0 Å². The molecule has 2 fully saturated rings. The van der Waals surface area contributed by atoms with Gasteiger partial charge in [-0.2, -0.15) is 5.26 Å². The molecule has 0 saturated heterocycles. The third-order valence-electron chi connectivity index (χ3n) is 7.62. The number of carbonyl (C=O) groups is 1. The standard InChI is InChI=1S/C31H24Cl3N3O4/c1-2-39-30(38)18-10-19(14-36-13-18)31(16-35)12-23(31)21-9-8-20(11-26(21)34)40-15-22-28(37-41-29(22)17-6-7-17)27-24(32)4-3-5-25(27)33/h3-5,8-11,13-14,17,23H,2,6-7,12,15H2,1H3. The van der Waals surface area contributed by atoms with Gasteiger partial charge >= 0.3 is 5.97 Å². The number of aromatic nitrogens is 2. The molecule has 4 aromatic rings. The highest BCUT2D eigenvalue weighted by Gasteiger charge is 2.58. The molecule has 2 aromatic carbocycles. The summed E-state index contributed by atoms with van der Waals surface area (Å²) in [6.07, 6.45) is 5.68. The van der Waals surface area contributed by atoms with E-state index in [2.05, 4.69) is 16.2 Å². The quantitative estimate of drug-likeness (QED) is 0.176. The molecule has 2 atom stereocenters. The fourth-order valence-electron chi connectivity index (χ4n) is 5.24. The van der Waals surface area contributed by atoms with Crippen molar-refractivity contribution in [1.82, 2.24) is 10.1 Å². The van der Waals surface area contributed by atoms with Gasteiger partial charge in [0.2, 0.25) is 0 Å². The first kappa shape index (κ1) is 27.6. The molecule has 41 heavy (non-hydrogen) atoms. The summed E-state index contributed by atoms with van der Waals surface area (Å²) in [4.78, 5) is 16.4. The van der Waals surface area contributed by atoms with E-state index in [1.807, 2.05) is 12.1 Å². The van der Waals surface area contributed by atoms with Crippen LogP contribution < -0.4 is 4.74 Å². The van der Waals surface area contributed by atoms with Gasteiger partial charge in [-0.15, -0.1) is 0 Å². The summed E-state index contributed by atoms with van der Waals surface area (Å²) in [6, 6.07) is 14.9. The minimum absolute atomic E-state index is 0.151. The molecule has 6 rings (SSSR count). The number of nitrogens with zero attached hydrogens (tertiary/aromatic N) is 3. The predicted molar refractivity (Wildman–Crippen MR) is 155 cm³/mol. The highest BCUT2D eigenvalue weighted by molar-refractivity contribution is 6.39. The van der Waals surface area contributed by atoms with Crippen LogP contribution in [0.3, 0.4) is 0 Å². The molecule has 0 amide bonds. The van der Waals surface area contributed by atoms with Crippen LogP contribution >= 0.6 is 34.8 Å². The number of pyridine rings is 1. The molecule has 0 spiro atoms. The van der Waals surface area contributed by atoms with E-state index in [1.54, 1.807) is 43.5 Å². The van der Waals surface area contributed by atoms with Crippen molar-refractivity contribution in [3.8, 4) is 23.1 Å². The molecule has 2 aliphatic carbocycles. The second kappa shape index (κ2) is 11.0. The van der Waals surface area contributed by atoms with Gasteiger partial charge in [-0.05, 0) is 67.6 Å². The number of halogens is 3. The third kappa shape index (κ3) is 5.17. The first-order valence-corrected chi connectivity index (χ1v) is 14.4. The Kier molecular flexibility index (Phi) is 7.41. The second-order valence-corrected chi connectivity index (χ2v) is 11.5. The Labute approximate surface area is 251 Å². The van der Waals surface area contributed by atoms with Gasteiger partial charge in [-0.25, -0.2) is 4.79 Å². The number of benzene rings is 2. The number of nitriles is 1. The lowest BCUT2D eigenvalue weighted by molar-refractivity contribution is 0.0525. The molecule has 0 aliphatic heterocycles. The maximum Gasteiger partial charge on any atom is 0.339 e. The SMILES string of the molecule is CCOC(=O)c1cncc(C2(C#N)CC2c2ccc(OCc3c(-c4c(Cl)cccc4Cl)noc3C3CC3)cc2Cl)c1. The van der Waals surface area contributed by atoms with Crippen molar-refractivity contribution in [3.63, 3.8) is 0 Å². The smallest absolute Gasteiger partial charge is 0.339 e. The van der Waals surface area contributed by atoms with Crippen LogP contribution in [-0.2, 0) is 16.8 Å². The topological polar surface area (TPSA) is 98.2 Å². The van der Waals surface area contributed by atoms with Crippen molar-refractivity contribution in [2.24, 2.45) is 0 Å². The first-order valence-electron chi connectivity index (χ1n) is 13.2. The Balaban J connectivity index is 1.23.